The number of rotatable bonds is 8. The quantitative estimate of drug-likeness (QED) is 0.794. The topological polar surface area (TPSA) is 39.7 Å². The Kier molecular flexibility index (Phi) is 6.14. The van der Waals surface area contributed by atoms with Gasteiger partial charge in [-0.25, -0.2) is 0 Å². The van der Waals surface area contributed by atoms with Gasteiger partial charge >= 0.3 is 0 Å². The minimum atomic E-state index is 0.295. The third-order valence-corrected chi connectivity index (χ3v) is 3.66. The van der Waals surface area contributed by atoms with E-state index < -0.39 is 0 Å². The van der Waals surface area contributed by atoms with Crippen molar-refractivity contribution in [1.82, 2.24) is 5.32 Å². The maximum atomic E-state index is 5.42. The predicted molar refractivity (Wildman–Crippen MR) is 81.9 cm³/mol. The second-order valence-corrected chi connectivity index (χ2v) is 5.64. The van der Waals surface area contributed by atoms with Crippen LogP contribution in [-0.2, 0) is 6.54 Å². The Bertz CT molecular complexity index is 430. The van der Waals surface area contributed by atoms with E-state index in [1.807, 2.05) is 12.1 Å². The largest absolute Gasteiger partial charge is 0.496 e. The molecule has 0 bridgehead atoms. The van der Waals surface area contributed by atoms with Crippen molar-refractivity contribution in [3.63, 3.8) is 0 Å². The number of hydrogen-bond donors (Lipinski definition) is 1. The van der Waals surface area contributed by atoms with Crippen molar-refractivity contribution in [2.75, 3.05) is 27.9 Å². The SMILES string of the molecule is CCC(C)(C)CNCc1cc(OC)c(OC)cc1OC. The van der Waals surface area contributed by atoms with Gasteiger partial charge in [-0.2, -0.15) is 0 Å². The average Bonchev–Trinajstić information content (AvgIpc) is 2.46. The highest BCUT2D eigenvalue weighted by atomic mass is 16.5. The van der Waals surface area contributed by atoms with Crippen LogP contribution in [0, 0.1) is 5.41 Å². The monoisotopic (exact) mass is 281 g/mol. The highest BCUT2D eigenvalue weighted by Gasteiger charge is 2.16. The lowest BCUT2D eigenvalue weighted by atomic mass is 9.90. The third kappa shape index (κ3) is 4.30. The standard InChI is InChI=1S/C16H27NO3/c1-7-16(2,3)11-17-10-12-8-14(19-5)15(20-6)9-13(12)18-4/h8-9,17H,7,10-11H2,1-6H3. The van der Waals surface area contributed by atoms with Crippen molar-refractivity contribution in [2.45, 2.75) is 33.7 Å². The lowest BCUT2D eigenvalue weighted by Crippen LogP contribution is -2.28. The van der Waals surface area contributed by atoms with E-state index in [0.29, 0.717) is 11.2 Å². The molecule has 1 aromatic carbocycles. The Morgan fingerprint density at radius 1 is 0.950 bits per heavy atom. The molecule has 0 spiro atoms. The van der Waals surface area contributed by atoms with Gasteiger partial charge in [-0.15, -0.1) is 0 Å². The third-order valence-electron chi connectivity index (χ3n) is 3.66. The Hall–Kier alpha value is -1.42. The number of hydrogen-bond acceptors (Lipinski definition) is 4. The van der Waals surface area contributed by atoms with Crippen molar-refractivity contribution in [3.05, 3.63) is 17.7 Å². The minimum absolute atomic E-state index is 0.295. The zero-order valence-corrected chi connectivity index (χ0v) is 13.5. The first kappa shape index (κ1) is 16.6. The van der Waals surface area contributed by atoms with Gasteiger partial charge in [0, 0.05) is 24.7 Å². The van der Waals surface area contributed by atoms with Crippen molar-refractivity contribution < 1.29 is 14.2 Å². The molecular weight excluding hydrogens is 254 g/mol. The second kappa shape index (κ2) is 7.39. The van der Waals surface area contributed by atoms with Crippen LogP contribution >= 0.6 is 0 Å². The molecule has 1 aromatic rings. The molecule has 0 aliphatic heterocycles. The maximum Gasteiger partial charge on any atom is 0.164 e. The summed E-state index contributed by atoms with van der Waals surface area (Å²) in [6.45, 7) is 8.42. The predicted octanol–water partition coefficient (Wildman–Crippen LogP) is 3.24. The van der Waals surface area contributed by atoms with Crippen LogP contribution < -0.4 is 19.5 Å². The normalized spacial score (nSPS) is 11.3. The van der Waals surface area contributed by atoms with Gasteiger partial charge in [-0.05, 0) is 17.9 Å². The van der Waals surface area contributed by atoms with Gasteiger partial charge in [0.25, 0.3) is 0 Å². The van der Waals surface area contributed by atoms with Gasteiger partial charge in [0.2, 0.25) is 0 Å². The Morgan fingerprint density at radius 2 is 1.50 bits per heavy atom. The van der Waals surface area contributed by atoms with Crippen molar-refractivity contribution in [2.24, 2.45) is 5.41 Å². The molecule has 0 saturated heterocycles. The van der Waals surface area contributed by atoms with E-state index in [9.17, 15) is 0 Å². The van der Waals surface area contributed by atoms with Crippen molar-refractivity contribution in [1.29, 1.82) is 0 Å². The number of benzene rings is 1. The number of nitrogens with one attached hydrogen (secondary N) is 1. The average molecular weight is 281 g/mol. The van der Waals surface area contributed by atoms with E-state index in [-0.39, 0.29) is 0 Å². The summed E-state index contributed by atoms with van der Waals surface area (Å²) in [4.78, 5) is 0. The van der Waals surface area contributed by atoms with Crippen LogP contribution in [-0.4, -0.2) is 27.9 Å². The van der Waals surface area contributed by atoms with Gasteiger partial charge < -0.3 is 19.5 Å². The van der Waals surface area contributed by atoms with E-state index in [1.165, 1.54) is 0 Å². The Labute approximate surface area is 122 Å². The molecule has 0 atom stereocenters. The first-order valence-corrected chi connectivity index (χ1v) is 6.97. The molecule has 1 N–H and O–H groups in total. The van der Waals surface area contributed by atoms with Gasteiger partial charge in [0.05, 0.1) is 21.3 Å². The maximum absolute atomic E-state index is 5.42. The molecule has 0 unspecified atom stereocenters. The summed E-state index contributed by atoms with van der Waals surface area (Å²) in [5, 5.41) is 3.48. The zero-order valence-electron chi connectivity index (χ0n) is 13.5. The summed E-state index contributed by atoms with van der Waals surface area (Å²) in [6.07, 6.45) is 1.14. The van der Waals surface area contributed by atoms with E-state index in [4.69, 9.17) is 14.2 Å². The lowest BCUT2D eigenvalue weighted by Gasteiger charge is -2.23. The van der Waals surface area contributed by atoms with Crippen LogP contribution in [0.15, 0.2) is 12.1 Å². The fraction of sp³-hybridized carbons (Fsp3) is 0.625. The van der Waals surface area contributed by atoms with Gasteiger partial charge in [0.15, 0.2) is 11.5 Å². The molecule has 0 aliphatic rings. The number of methoxy groups -OCH3 is 3. The molecule has 0 aliphatic carbocycles. The molecule has 0 amide bonds. The molecule has 0 aromatic heterocycles. The summed E-state index contributed by atoms with van der Waals surface area (Å²) in [6, 6.07) is 3.82. The Balaban J connectivity index is 2.83. The van der Waals surface area contributed by atoms with E-state index in [0.717, 1.165) is 36.6 Å². The molecule has 20 heavy (non-hydrogen) atoms. The second-order valence-electron chi connectivity index (χ2n) is 5.64. The van der Waals surface area contributed by atoms with Crippen LogP contribution in [0.25, 0.3) is 0 Å². The molecule has 0 fully saturated rings. The summed E-state index contributed by atoms with van der Waals surface area (Å²) >= 11 is 0. The van der Waals surface area contributed by atoms with E-state index in [1.54, 1.807) is 21.3 Å². The van der Waals surface area contributed by atoms with E-state index in [2.05, 4.69) is 26.1 Å². The van der Waals surface area contributed by atoms with Crippen LogP contribution in [0.4, 0.5) is 0 Å². The van der Waals surface area contributed by atoms with Crippen LogP contribution in [0.2, 0.25) is 0 Å². The fourth-order valence-corrected chi connectivity index (χ4v) is 1.89. The fourth-order valence-electron chi connectivity index (χ4n) is 1.89. The molecule has 0 radical (unpaired) electrons. The number of ether oxygens (including phenoxy) is 3. The molecular formula is C16H27NO3. The van der Waals surface area contributed by atoms with E-state index >= 15 is 0 Å². The van der Waals surface area contributed by atoms with Crippen LogP contribution in [0.5, 0.6) is 17.2 Å². The first-order chi connectivity index (χ1) is 9.47. The molecule has 4 heteroatoms. The summed E-state index contributed by atoms with van der Waals surface area (Å²) in [5.41, 5.74) is 1.36. The van der Waals surface area contributed by atoms with Crippen LogP contribution in [0.1, 0.15) is 32.8 Å². The smallest absolute Gasteiger partial charge is 0.164 e. The van der Waals surface area contributed by atoms with Gasteiger partial charge in [-0.1, -0.05) is 20.8 Å². The van der Waals surface area contributed by atoms with Crippen molar-refractivity contribution in [3.8, 4) is 17.2 Å². The van der Waals surface area contributed by atoms with Crippen molar-refractivity contribution >= 4 is 0 Å². The molecule has 0 saturated carbocycles. The highest BCUT2D eigenvalue weighted by Crippen LogP contribution is 2.34. The minimum Gasteiger partial charge on any atom is -0.496 e. The molecule has 4 nitrogen and oxygen atoms in total. The first-order valence-electron chi connectivity index (χ1n) is 6.97. The summed E-state index contributed by atoms with van der Waals surface area (Å²) < 4.78 is 16.0. The molecule has 0 heterocycles. The summed E-state index contributed by atoms with van der Waals surface area (Å²) in [7, 11) is 4.93. The van der Waals surface area contributed by atoms with Gasteiger partial charge in [-0.3, -0.25) is 0 Å². The summed E-state index contributed by atoms with van der Waals surface area (Å²) in [5.74, 6) is 2.21. The molecule has 114 valence electrons. The molecule has 1 rings (SSSR count). The van der Waals surface area contributed by atoms with Crippen LogP contribution in [0.3, 0.4) is 0 Å². The zero-order chi connectivity index (χ0) is 15.2. The lowest BCUT2D eigenvalue weighted by molar-refractivity contribution is 0.324. The Morgan fingerprint density at radius 3 is 2.00 bits per heavy atom. The van der Waals surface area contributed by atoms with Gasteiger partial charge in [0.1, 0.15) is 5.75 Å². The highest BCUT2D eigenvalue weighted by molar-refractivity contribution is 5.50.